The van der Waals surface area contributed by atoms with Crippen LogP contribution in [0.2, 0.25) is 0 Å². The average molecular weight is 282 g/mol. The van der Waals surface area contributed by atoms with Gasteiger partial charge in [0.1, 0.15) is 0 Å². The van der Waals surface area contributed by atoms with Gasteiger partial charge >= 0.3 is 9.28 Å². The van der Waals surface area contributed by atoms with E-state index in [4.69, 9.17) is 8.85 Å². The van der Waals surface area contributed by atoms with Gasteiger partial charge in [-0.3, -0.25) is 0 Å². The van der Waals surface area contributed by atoms with Crippen LogP contribution in [0.15, 0.2) is 6.07 Å². The third-order valence-corrected chi connectivity index (χ3v) is 4.45. The summed E-state index contributed by atoms with van der Waals surface area (Å²) in [7, 11) is -2.24. The summed E-state index contributed by atoms with van der Waals surface area (Å²) in [5, 5.41) is 0. The molecule has 102 valence electrons. The van der Waals surface area contributed by atoms with Crippen LogP contribution in [-0.4, -0.2) is 22.5 Å². The smallest absolute Gasteiger partial charge is 0.326 e. The van der Waals surface area contributed by atoms with E-state index in [1.54, 1.807) is 13.8 Å². The molecule has 0 aliphatic carbocycles. The second-order valence-electron chi connectivity index (χ2n) is 3.50. The van der Waals surface area contributed by atoms with Crippen molar-refractivity contribution in [3.8, 4) is 0 Å². The fraction of sp³-hybridized carbons (Fsp3) is 0.455. The molecule has 0 amide bonds. The Morgan fingerprint density at radius 1 is 0.944 bits per heavy atom. The first-order valence-electron chi connectivity index (χ1n) is 5.56. The zero-order chi connectivity index (χ0) is 13.7. The molecule has 0 spiro atoms. The Morgan fingerprint density at radius 3 is 2.00 bits per heavy atom. The molecular weight excluding hydrogens is 268 g/mol. The van der Waals surface area contributed by atoms with Crippen LogP contribution in [0.5, 0.6) is 0 Å². The van der Waals surface area contributed by atoms with E-state index in [2.05, 4.69) is 0 Å². The maximum atomic E-state index is 13.4. The number of halogens is 4. The molecule has 18 heavy (non-hydrogen) atoms. The summed E-state index contributed by atoms with van der Waals surface area (Å²) in [5.41, 5.74) is -0.259. The van der Waals surface area contributed by atoms with E-state index in [0.717, 1.165) is 0 Å². The first-order valence-corrected chi connectivity index (χ1v) is 7.32. The van der Waals surface area contributed by atoms with Crippen LogP contribution in [0.25, 0.3) is 0 Å². The Balaban J connectivity index is 2.95. The van der Waals surface area contributed by atoms with Gasteiger partial charge in [0, 0.05) is 19.3 Å². The van der Waals surface area contributed by atoms with Crippen LogP contribution >= 0.6 is 0 Å². The molecule has 2 nitrogen and oxygen atoms in total. The minimum Gasteiger partial charge on any atom is -0.397 e. The maximum absolute atomic E-state index is 13.4. The highest BCUT2D eigenvalue weighted by Gasteiger charge is 2.22. The van der Waals surface area contributed by atoms with Gasteiger partial charge in [-0.25, -0.2) is 17.6 Å². The second kappa shape index (κ2) is 6.86. The minimum atomic E-state index is -2.24. The van der Waals surface area contributed by atoms with Crippen LogP contribution < -0.4 is 0 Å². The highest BCUT2D eigenvalue weighted by Crippen LogP contribution is 2.20. The highest BCUT2D eigenvalue weighted by molar-refractivity contribution is 6.43. The predicted molar refractivity (Wildman–Crippen MR) is 60.4 cm³/mol. The Hall–Kier alpha value is -0.923. The molecule has 1 aromatic rings. The average Bonchev–Trinajstić information content (AvgIpc) is 2.34. The van der Waals surface area contributed by atoms with E-state index in [1.807, 2.05) is 0 Å². The first kappa shape index (κ1) is 15.1. The number of hydrogen-bond donors (Lipinski definition) is 0. The fourth-order valence-electron chi connectivity index (χ4n) is 1.49. The molecule has 7 heteroatoms. The molecule has 0 aromatic heterocycles. The molecule has 0 saturated heterocycles. The van der Waals surface area contributed by atoms with Crippen LogP contribution in [-0.2, 0) is 14.9 Å². The van der Waals surface area contributed by atoms with Crippen molar-refractivity contribution >= 4 is 9.28 Å². The molecule has 0 heterocycles. The van der Waals surface area contributed by atoms with Crippen molar-refractivity contribution in [3.63, 3.8) is 0 Å². The first-order chi connectivity index (χ1) is 8.51. The summed E-state index contributed by atoms with van der Waals surface area (Å²) < 4.78 is 62.7. The van der Waals surface area contributed by atoms with Crippen LogP contribution in [0.4, 0.5) is 17.6 Å². The maximum Gasteiger partial charge on any atom is 0.326 e. The zero-order valence-corrected chi connectivity index (χ0v) is 11.3. The van der Waals surface area contributed by atoms with E-state index in [9.17, 15) is 17.6 Å². The van der Waals surface area contributed by atoms with Gasteiger partial charge in [0.25, 0.3) is 0 Å². The third kappa shape index (κ3) is 3.53. The monoisotopic (exact) mass is 282 g/mol. The van der Waals surface area contributed by atoms with Gasteiger partial charge in [-0.2, -0.15) is 0 Å². The van der Waals surface area contributed by atoms with Crippen molar-refractivity contribution in [2.75, 3.05) is 13.2 Å². The lowest BCUT2D eigenvalue weighted by Gasteiger charge is -2.15. The minimum absolute atomic E-state index is 0.0539. The fourth-order valence-corrected chi connectivity index (χ4v) is 3.22. The summed E-state index contributed by atoms with van der Waals surface area (Å²) in [5.74, 6) is -6.40. The lowest BCUT2D eigenvalue weighted by Crippen LogP contribution is -2.27. The summed E-state index contributed by atoms with van der Waals surface area (Å²) in [6.45, 7) is 4.21. The third-order valence-electron chi connectivity index (χ3n) is 2.27. The summed E-state index contributed by atoms with van der Waals surface area (Å²) in [6.07, 6.45) is 0. The standard InChI is InChI=1S/C11H14F4O2Si/c1-3-16-18(17-4-2)6-7-5-8(12)10(14)11(15)9(7)13/h5,18H,3-4,6H2,1-2H3. The zero-order valence-electron chi connectivity index (χ0n) is 10.1. The van der Waals surface area contributed by atoms with Gasteiger partial charge in [0.2, 0.25) is 0 Å². The Bertz CT molecular complexity index is 409. The topological polar surface area (TPSA) is 18.5 Å². The highest BCUT2D eigenvalue weighted by atomic mass is 28.3. The van der Waals surface area contributed by atoms with Gasteiger partial charge in [-0.1, -0.05) is 0 Å². The van der Waals surface area contributed by atoms with Gasteiger partial charge in [-0.05, 0) is 25.5 Å². The van der Waals surface area contributed by atoms with E-state index in [1.165, 1.54) is 0 Å². The quantitative estimate of drug-likeness (QED) is 0.345. The lowest BCUT2D eigenvalue weighted by molar-refractivity contribution is 0.212. The van der Waals surface area contributed by atoms with Crippen molar-refractivity contribution in [2.45, 2.75) is 19.9 Å². The Morgan fingerprint density at radius 2 is 1.50 bits per heavy atom. The van der Waals surface area contributed by atoms with Crippen LogP contribution in [0.1, 0.15) is 19.4 Å². The van der Waals surface area contributed by atoms with E-state index in [0.29, 0.717) is 19.3 Å². The summed E-state index contributed by atoms with van der Waals surface area (Å²) >= 11 is 0. The molecule has 0 radical (unpaired) electrons. The molecule has 0 N–H and O–H groups in total. The second-order valence-corrected chi connectivity index (χ2v) is 5.44. The van der Waals surface area contributed by atoms with Crippen molar-refractivity contribution in [3.05, 3.63) is 34.9 Å². The Labute approximate surface area is 104 Å². The van der Waals surface area contributed by atoms with Gasteiger partial charge in [0.05, 0.1) is 0 Å². The SMILES string of the molecule is CCO[SiH](Cc1cc(F)c(F)c(F)c1F)OCC. The molecule has 0 bridgehead atoms. The van der Waals surface area contributed by atoms with Crippen molar-refractivity contribution < 1.29 is 26.4 Å². The number of rotatable bonds is 6. The molecule has 1 aromatic carbocycles. The van der Waals surface area contributed by atoms with Crippen molar-refractivity contribution in [2.24, 2.45) is 0 Å². The summed E-state index contributed by atoms with van der Waals surface area (Å²) in [6, 6.07) is 0.591. The largest absolute Gasteiger partial charge is 0.397 e. The van der Waals surface area contributed by atoms with E-state index < -0.39 is 32.6 Å². The molecule has 0 aliphatic rings. The molecule has 0 fully saturated rings. The number of hydrogen-bond acceptors (Lipinski definition) is 2. The van der Waals surface area contributed by atoms with Gasteiger partial charge in [-0.15, -0.1) is 0 Å². The number of benzene rings is 1. The van der Waals surface area contributed by atoms with Crippen molar-refractivity contribution in [1.29, 1.82) is 0 Å². The normalized spacial score (nSPS) is 11.3. The lowest BCUT2D eigenvalue weighted by atomic mass is 10.2. The molecule has 0 atom stereocenters. The van der Waals surface area contributed by atoms with E-state index in [-0.39, 0.29) is 11.6 Å². The summed E-state index contributed by atoms with van der Waals surface area (Å²) in [4.78, 5) is 0. The molecule has 0 aliphatic heterocycles. The van der Waals surface area contributed by atoms with Crippen LogP contribution in [0, 0.1) is 23.3 Å². The van der Waals surface area contributed by atoms with Crippen LogP contribution in [0.3, 0.4) is 0 Å². The van der Waals surface area contributed by atoms with Crippen molar-refractivity contribution in [1.82, 2.24) is 0 Å². The van der Waals surface area contributed by atoms with Gasteiger partial charge in [0.15, 0.2) is 23.3 Å². The van der Waals surface area contributed by atoms with Gasteiger partial charge < -0.3 is 8.85 Å². The predicted octanol–water partition coefficient (Wildman–Crippen LogP) is 2.62. The molecule has 0 saturated carbocycles. The molecule has 0 unspecified atom stereocenters. The Kier molecular flexibility index (Phi) is 5.77. The molecule has 1 rings (SSSR count). The molecular formula is C11H14F4O2Si. The van der Waals surface area contributed by atoms with E-state index >= 15 is 0 Å².